The summed E-state index contributed by atoms with van der Waals surface area (Å²) in [7, 11) is -4.57. The van der Waals surface area contributed by atoms with E-state index in [1.165, 1.54) is 12.1 Å². The first-order valence-corrected chi connectivity index (χ1v) is 8.57. The number of hydrogen-bond acceptors (Lipinski definition) is 4. The van der Waals surface area contributed by atoms with E-state index >= 15 is 0 Å². The number of carboxylic acid groups (broad SMARTS) is 1. The van der Waals surface area contributed by atoms with Gasteiger partial charge in [0, 0.05) is 12.0 Å². The van der Waals surface area contributed by atoms with Crippen LogP contribution in [0.4, 0.5) is 0 Å². The highest BCUT2D eigenvalue weighted by Gasteiger charge is 2.14. The molecule has 0 aliphatic heterocycles. The van der Waals surface area contributed by atoms with E-state index in [-0.39, 0.29) is 28.4 Å². The monoisotopic (exact) mass is 290 g/mol. The van der Waals surface area contributed by atoms with Crippen LogP contribution in [0, 0.1) is 0 Å². The van der Waals surface area contributed by atoms with Crippen molar-refractivity contribution < 1.29 is 22.5 Å². The van der Waals surface area contributed by atoms with Crippen molar-refractivity contribution in [2.24, 2.45) is 0 Å². The van der Waals surface area contributed by atoms with Crippen LogP contribution in [0.2, 0.25) is 0 Å². The summed E-state index contributed by atoms with van der Waals surface area (Å²) in [4.78, 5) is 11.2. The molecule has 0 spiro atoms. The summed E-state index contributed by atoms with van der Waals surface area (Å²) in [5, 5.41) is 8.94. The molecule has 0 saturated carbocycles. The lowest BCUT2D eigenvalue weighted by atomic mass is 10.2. The first-order valence-electron chi connectivity index (χ1n) is 5.19. The minimum Gasteiger partial charge on any atom is -0.478 e. The highest BCUT2D eigenvalue weighted by atomic mass is 32.2. The fourth-order valence-corrected chi connectivity index (χ4v) is 3.51. The van der Waals surface area contributed by atoms with Crippen LogP contribution in [0.5, 0.6) is 0 Å². The zero-order valence-electron chi connectivity index (χ0n) is 9.83. The summed E-state index contributed by atoms with van der Waals surface area (Å²) in [5.41, 5.74) is -0.00445. The lowest BCUT2D eigenvalue weighted by Gasteiger charge is -2.05. The smallest absolute Gasteiger partial charge is 0.336 e. The van der Waals surface area contributed by atoms with Gasteiger partial charge in [-0.1, -0.05) is 12.1 Å². The number of benzene rings is 1. The number of hydrogen-bond donors (Lipinski definition) is 1. The third-order valence-electron chi connectivity index (χ3n) is 2.21. The Bertz CT molecular complexity index is 563. The van der Waals surface area contributed by atoms with E-state index in [0.29, 0.717) is 0 Å². The molecule has 0 heterocycles. The highest BCUT2D eigenvalue weighted by molar-refractivity contribution is 7.90. The standard InChI is InChI=1S/C11H14O5S2/c1-18(15,16)8-4-7-17(14)10-6-3-2-5-9(10)11(12)13/h2-3,5-6H,4,7-8H2,1H3,(H,12,13). The summed E-state index contributed by atoms with van der Waals surface area (Å²) in [6, 6.07) is 6.03. The van der Waals surface area contributed by atoms with Crippen LogP contribution in [-0.4, -0.2) is 41.5 Å². The van der Waals surface area contributed by atoms with Crippen molar-refractivity contribution in [3.63, 3.8) is 0 Å². The van der Waals surface area contributed by atoms with Gasteiger partial charge in [-0.25, -0.2) is 13.2 Å². The van der Waals surface area contributed by atoms with Crippen LogP contribution in [0.3, 0.4) is 0 Å². The Kier molecular flexibility index (Phi) is 5.03. The fraction of sp³-hybridized carbons (Fsp3) is 0.364. The topological polar surface area (TPSA) is 88.5 Å². The SMILES string of the molecule is CS(=O)(=O)CCCS(=O)c1ccccc1C(=O)O. The third-order valence-corrected chi connectivity index (χ3v) is 4.74. The van der Waals surface area contributed by atoms with Gasteiger partial charge in [-0.15, -0.1) is 0 Å². The van der Waals surface area contributed by atoms with Crippen LogP contribution in [0.25, 0.3) is 0 Å². The van der Waals surface area contributed by atoms with E-state index in [0.717, 1.165) is 6.26 Å². The van der Waals surface area contributed by atoms with Crippen LogP contribution >= 0.6 is 0 Å². The first-order chi connectivity index (χ1) is 8.31. The Morgan fingerprint density at radius 1 is 1.33 bits per heavy atom. The van der Waals surface area contributed by atoms with E-state index < -0.39 is 26.6 Å². The Hall–Kier alpha value is -1.21. The molecular formula is C11H14O5S2. The summed E-state index contributed by atoms with van der Waals surface area (Å²) in [6.07, 6.45) is 1.36. The number of carboxylic acids is 1. The zero-order valence-corrected chi connectivity index (χ0v) is 11.5. The zero-order chi connectivity index (χ0) is 13.8. The molecule has 1 aromatic carbocycles. The van der Waals surface area contributed by atoms with Gasteiger partial charge < -0.3 is 5.11 Å². The fourth-order valence-electron chi connectivity index (χ4n) is 1.40. The molecule has 0 aromatic heterocycles. The van der Waals surface area contributed by atoms with E-state index in [4.69, 9.17) is 5.11 Å². The lowest BCUT2D eigenvalue weighted by molar-refractivity contribution is 0.0693. The van der Waals surface area contributed by atoms with Gasteiger partial charge in [0.15, 0.2) is 0 Å². The Morgan fingerprint density at radius 3 is 2.50 bits per heavy atom. The van der Waals surface area contributed by atoms with E-state index in [1.807, 2.05) is 0 Å². The van der Waals surface area contributed by atoms with Crippen molar-refractivity contribution in [2.75, 3.05) is 17.8 Å². The van der Waals surface area contributed by atoms with Crippen molar-refractivity contribution in [2.45, 2.75) is 11.3 Å². The predicted octanol–water partition coefficient (Wildman–Crippen LogP) is 0.927. The molecule has 0 aliphatic rings. The van der Waals surface area contributed by atoms with Gasteiger partial charge in [-0.05, 0) is 18.6 Å². The normalized spacial score (nSPS) is 13.2. The average Bonchev–Trinajstić information content (AvgIpc) is 2.27. The van der Waals surface area contributed by atoms with Crippen LogP contribution < -0.4 is 0 Å². The van der Waals surface area contributed by atoms with E-state index in [9.17, 15) is 17.4 Å². The lowest BCUT2D eigenvalue weighted by Crippen LogP contribution is -2.10. The molecule has 1 atom stereocenters. The van der Waals surface area contributed by atoms with Gasteiger partial charge in [0.2, 0.25) is 0 Å². The van der Waals surface area contributed by atoms with Gasteiger partial charge in [-0.3, -0.25) is 4.21 Å². The molecule has 1 N–H and O–H groups in total. The maximum absolute atomic E-state index is 11.9. The van der Waals surface area contributed by atoms with Crippen LogP contribution in [-0.2, 0) is 20.6 Å². The molecule has 0 amide bonds. The molecule has 0 bridgehead atoms. The third kappa shape index (κ3) is 4.58. The maximum Gasteiger partial charge on any atom is 0.336 e. The van der Waals surface area contributed by atoms with Crippen molar-refractivity contribution in [3.05, 3.63) is 29.8 Å². The largest absolute Gasteiger partial charge is 0.478 e. The van der Waals surface area contributed by atoms with Gasteiger partial charge in [-0.2, -0.15) is 0 Å². The number of sulfone groups is 1. The Labute approximate surface area is 108 Å². The summed E-state index contributed by atoms with van der Waals surface area (Å²) < 4.78 is 33.8. The molecule has 5 nitrogen and oxygen atoms in total. The van der Waals surface area contributed by atoms with Gasteiger partial charge in [0.05, 0.1) is 27.0 Å². The molecule has 1 rings (SSSR count). The quantitative estimate of drug-likeness (QED) is 0.842. The molecule has 7 heteroatoms. The van der Waals surface area contributed by atoms with Crippen LogP contribution in [0.15, 0.2) is 29.2 Å². The molecule has 1 unspecified atom stereocenters. The molecule has 1 aromatic rings. The van der Waals surface area contributed by atoms with Gasteiger partial charge in [0.1, 0.15) is 9.84 Å². The minimum absolute atomic E-state index is 0.00445. The predicted molar refractivity (Wildman–Crippen MR) is 69.0 cm³/mol. The minimum atomic E-state index is -3.08. The number of rotatable bonds is 6. The molecule has 0 fully saturated rings. The van der Waals surface area contributed by atoms with Gasteiger partial charge in [0.25, 0.3) is 0 Å². The molecule has 0 saturated heterocycles. The summed E-state index contributed by atoms with van der Waals surface area (Å²) >= 11 is 0. The molecule has 0 radical (unpaired) electrons. The summed E-state index contributed by atoms with van der Waals surface area (Å²) in [5.74, 6) is -1.05. The van der Waals surface area contributed by atoms with E-state index in [2.05, 4.69) is 0 Å². The van der Waals surface area contributed by atoms with Crippen molar-refractivity contribution in [3.8, 4) is 0 Å². The Morgan fingerprint density at radius 2 is 1.94 bits per heavy atom. The first kappa shape index (κ1) is 14.8. The van der Waals surface area contributed by atoms with Crippen molar-refractivity contribution in [1.82, 2.24) is 0 Å². The van der Waals surface area contributed by atoms with Gasteiger partial charge >= 0.3 is 5.97 Å². The second-order valence-corrected chi connectivity index (χ2v) is 7.63. The van der Waals surface area contributed by atoms with Crippen LogP contribution in [0.1, 0.15) is 16.8 Å². The highest BCUT2D eigenvalue weighted by Crippen LogP contribution is 2.14. The molecule has 18 heavy (non-hydrogen) atoms. The Balaban J connectivity index is 2.76. The average molecular weight is 290 g/mol. The number of aromatic carboxylic acids is 1. The molecule has 0 aliphatic carbocycles. The van der Waals surface area contributed by atoms with Crippen molar-refractivity contribution in [1.29, 1.82) is 0 Å². The number of carbonyl (C=O) groups is 1. The van der Waals surface area contributed by atoms with E-state index in [1.54, 1.807) is 12.1 Å². The molecular weight excluding hydrogens is 276 g/mol. The van der Waals surface area contributed by atoms with Crippen molar-refractivity contribution >= 4 is 26.6 Å². The second-order valence-electron chi connectivity index (χ2n) is 3.83. The maximum atomic E-state index is 11.9. The summed E-state index contributed by atoms with van der Waals surface area (Å²) in [6.45, 7) is 0. The molecule has 100 valence electrons. The second kappa shape index (κ2) is 6.10.